The first-order valence-electron chi connectivity index (χ1n) is 7.90. The molecule has 2 N–H and O–H groups in total. The van der Waals surface area contributed by atoms with Gasteiger partial charge in [0, 0.05) is 24.9 Å². The van der Waals surface area contributed by atoms with Gasteiger partial charge in [-0.15, -0.1) is 0 Å². The number of sulfone groups is 1. The molecule has 0 spiro atoms. The van der Waals surface area contributed by atoms with Crippen LogP contribution in [0.1, 0.15) is 37.5 Å². The molecule has 2 aromatic rings. The summed E-state index contributed by atoms with van der Waals surface area (Å²) < 4.78 is 24.0. The number of benzene rings is 2. The van der Waals surface area contributed by atoms with E-state index >= 15 is 0 Å². The van der Waals surface area contributed by atoms with Crippen molar-refractivity contribution in [2.45, 2.75) is 44.2 Å². The molecule has 0 amide bonds. The molecule has 0 aliphatic heterocycles. The lowest BCUT2D eigenvalue weighted by molar-refractivity contribution is 0.446. The van der Waals surface area contributed by atoms with Crippen LogP contribution in [0.25, 0.3) is 0 Å². The molecule has 0 radical (unpaired) electrons. The molecule has 0 aliphatic rings. The fraction of sp³-hybridized carbons (Fsp3) is 0.368. The van der Waals surface area contributed by atoms with Gasteiger partial charge in [0.1, 0.15) is 10.6 Å². The van der Waals surface area contributed by atoms with Crippen molar-refractivity contribution in [3.05, 3.63) is 59.2 Å². The lowest BCUT2D eigenvalue weighted by atomic mass is 9.86. The molecule has 2 aromatic carbocycles. The van der Waals surface area contributed by atoms with E-state index < -0.39 is 9.84 Å². The zero-order valence-corrected chi connectivity index (χ0v) is 15.4. The van der Waals surface area contributed by atoms with E-state index in [1.807, 2.05) is 57.2 Å². The van der Waals surface area contributed by atoms with Gasteiger partial charge in [0.25, 0.3) is 0 Å². The predicted octanol–water partition coefficient (Wildman–Crippen LogP) is 3.38. The van der Waals surface area contributed by atoms with Crippen molar-refractivity contribution in [1.29, 1.82) is 0 Å². The van der Waals surface area contributed by atoms with E-state index in [0.717, 1.165) is 17.4 Å². The van der Waals surface area contributed by atoms with Gasteiger partial charge < -0.3 is 10.4 Å². The fourth-order valence-electron chi connectivity index (χ4n) is 2.45. The smallest absolute Gasteiger partial charge is 0.179 e. The fourth-order valence-corrected chi connectivity index (χ4v) is 3.28. The third-order valence-electron chi connectivity index (χ3n) is 3.91. The average Bonchev–Trinajstić information content (AvgIpc) is 2.47. The molecule has 0 aromatic heterocycles. The minimum absolute atomic E-state index is 0.00793. The molecule has 0 unspecified atom stereocenters. The van der Waals surface area contributed by atoms with E-state index in [4.69, 9.17) is 0 Å². The Morgan fingerprint density at radius 2 is 1.67 bits per heavy atom. The molecule has 130 valence electrons. The van der Waals surface area contributed by atoms with E-state index in [-0.39, 0.29) is 16.1 Å². The highest BCUT2D eigenvalue weighted by Crippen LogP contribution is 2.33. The average molecular weight is 347 g/mol. The number of hydrogen-bond donors (Lipinski definition) is 2. The molecular weight excluding hydrogens is 322 g/mol. The van der Waals surface area contributed by atoms with Crippen LogP contribution in [0, 0.1) is 0 Å². The van der Waals surface area contributed by atoms with Crippen LogP contribution in [0.4, 0.5) is 0 Å². The quantitative estimate of drug-likeness (QED) is 0.870. The summed E-state index contributed by atoms with van der Waals surface area (Å²) in [6.45, 7) is 7.10. The van der Waals surface area contributed by atoms with Crippen molar-refractivity contribution in [2.24, 2.45) is 0 Å². The number of aromatic hydroxyl groups is 1. The Kier molecular flexibility index (Phi) is 5.35. The van der Waals surface area contributed by atoms with Crippen LogP contribution >= 0.6 is 0 Å². The molecule has 0 saturated carbocycles. The Morgan fingerprint density at radius 3 is 2.21 bits per heavy atom. The first kappa shape index (κ1) is 18.5. The minimum atomic E-state index is -3.49. The Bertz CT molecular complexity index is 806. The van der Waals surface area contributed by atoms with Crippen molar-refractivity contribution in [3.8, 4) is 5.75 Å². The molecular formula is C19H25NO3S. The molecule has 0 saturated heterocycles. The number of hydrogen-bond acceptors (Lipinski definition) is 4. The zero-order valence-electron chi connectivity index (χ0n) is 14.6. The van der Waals surface area contributed by atoms with Gasteiger partial charge in [-0.3, -0.25) is 0 Å². The summed E-state index contributed by atoms with van der Waals surface area (Å²) in [6, 6.07) is 13.4. The molecule has 5 heteroatoms. The van der Waals surface area contributed by atoms with E-state index in [2.05, 4.69) is 5.32 Å². The maximum atomic E-state index is 12.0. The van der Waals surface area contributed by atoms with Gasteiger partial charge in [-0.25, -0.2) is 8.42 Å². The molecule has 0 bridgehead atoms. The summed E-state index contributed by atoms with van der Waals surface area (Å²) in [4.78, 5) is -0.00793. The van der Waals surface area contributed by atoms with Gasteiger partial charge >= 0.3 is 0 Å². The second-order valence-electron chi connectivity index (χ2n) is 7.09. The third kappa shape index (κ3) is 4.58. The third-order valence-corrected chi connectivity index (χ3v) is 5.02. The summed E-state index contributed by atoms with van der Waals surface area (Å²) in [5.74, 6) is -0.161. The number of nitrogens with one attached hydrogen (secondary N) is 1. The predicted molar refractivity (Wildman–Crippen MR) is 96.9 cm³/mol. The number of rotatable bonds is 5. The van der Waals surface area contributed by atoms with Crippen LogP contribution in [0.5, 0.6) is 5.75 Å². The Labute approximate surface area is 144 Å². The summed E-state index contributed by atoms with van der Waals surface area (Å²) in [7, 11) is -3.49. The van der Waals surface area contributed by atoms with Gasteiger partial charge in [0.15, 0.2) is 9.84 Å². The topological polar surface area (TPSA) is 66.4 Å². The molecule has 0 fully saturated rings. The maximum absolute atomic E-state index is 12.0. The Hall–Kier alpha value is -1.85. The van der Waals surface area contributed by atoms with Crippen LogP contribution in [-0.2, 0) is 28.3 Å². The number of phenols is 1. The van der Waals surface area contributed by atoms with Crippen molar-refractivity contribution >= 4 is 9.84 Å². The highest BCUT2D eigenvalue weighted by molar-refractivity contribution is 7.90. The normalized spacial score (nSPS) is 12.3. The van der Waals surface area contributed by atoms with Crippen LogP contribution in [0.15, 0.2) is 47.4 Å². The van der Waals surface area contributed by atoms with Crippen molar-refractivity contribution in [3.63, 3.8) is 0 Å². The van der Waals surface area contributed by atoms with Crippen molar-refractivity contribution < 1.29 is 13.5 Å². The van der Waals surface area contributed by atoms with Crippen LogP contribution < -0.4 is 5.32 Å². The summed E-state index contributed by atoms with van der Waals surface area (Å²) in [6.07, 6.45) is 1.12. The van der Waals surface area contributed by atoms with E-state index in [0.29, 0.717) is 18.7 Å². The molecule has 24 heavy (non-hydrogen) atoms. The summed E-state index contributed by atoms with van der Waals surface area (Å²) in [5, 5.41) is 13.7. The molecule has 2 rings (SSSR count). The molecule has 0 heterocycles. The minimum Gasteiger partial charge on any atom is -0.506 e. The standard InChI is InChI=1S/C19H25NO3S/c1-19(2,3)16-10-15(18(21)17(11-16)24(4,22)23)13-20-12-14-8-6-5-7-9-14/h5-11,20-21H,12-13H2,1-4H3. The van der Waals surface area contributed by atoms with Crippen molar-refractivity contribution in [1.82, 2.24) is 5.32 Å². The zero-order chi connectivity index (χ0) is 18.0. The lowest BCUT2D eigenvalue weighted by Gasteiger charge is -2.22. The first-order chi connectivity index (χ1) is 11.1. The SMILES string of the molecule is CC(C)(C)c1cc(CNCc2ccccc2)c(O)c(S(C)(=O)=O)c1. The largest absolute Gasteiger partial charge is 0.506 e. The monoisotopic (exact) mass is 347 g/mol. The van der Waals surface area contributed by atoms with Crippen LogP contribution in [0.2, 0.25) is 0 Å². The summed E-state index contributed by atoms with van der Waals surface area (Å²) in [5.41, 5.74) is 2.41. The molecule has 0 atom stereocenters. The van der Waals surface area contributed by atoms with E-state index in [1.54, 1.807) is 6.07 Å². The van der Waals surface area contributed by atoms with Crippen LogP contribution in [0.3, 0.4) is 0 Å². The second kappa shape index (κ2) is 6.95. The van der Waals surface area contributed by atoms with Gasteiger partial charge in [0.2, 0.25) is 0 Å². The van der Waals surface area contributed by atoms with Gasteiger partial charge in [-0.1, -0.05) is 57.2 Å². The van der Waals surface area contributed by atoms with Gasteiger partial charge in [-0.2, -0.15) is 0 Å². The number of phenolic OH excluding ortho intramolecular Hbond substituents is 1. The maximum Gasteiger partial charge on any atom is 0.179 e. The van der Waals surface area contributed by atoms with Gasteiger partial charge in [-0.05, 0) is 22.6 Å². The van der Waals surface area contributed by atoms with E-state index in [1.165, 1.54) is 0 Å². The Balaban J connectivity index is 2.31. The Morgan fingerprint density at radius 1 is 1.04 bits per heavy atom. The first-order valence-corrected chi connectivity index (χ1v) is 9.79. The van der Waals surface area contributed by atoms with E-state index in [9.17, 15) is 13.5 Å². The highest BCUT2D eigenvalue weighted by Gasteiger charge is 2.22. The molecule has 4 nitrogen and oxygen atoms in total. The molecule has 0 aliphatic carbocycles. The lowest BCUT2D eigenvalue weighted by Crippen LogP contribution is -2.17. The van der Waals surface area contributed by atoms with Gasteiger partial charge in [0.05, 0.1) is 0 Å². The summed E-state index contributed by atoms with van der Waals surface area (Å²) >= 11 is 0. The second-order valence-corrected chi connectivity index (χ2v) is 9.08. The van der Waals surface area contributed by atoms with Crippen LogP contribution in [-0.4, -0.2) is 19.8 Å². The van der Waals surface area contributed by atoms with Crippen molar-refractivity contribution in [2.75, 3.05) is 6.26 Å². The highest BCUT2D eigenvalue weighted by atomic mass is 32.2.